The number of aromatic nitrogens is 1. The first-order valence-electron chi connectivity index (χ1n) is 7.66. The number of nitriles is 1. The molecule has 2 aromatic carbocycles. The number of rotatable bonds is 4. The van der Waals surface area contributed by atoms with E-state index in [0.717, 1.165) is 9.79 Å². The van der Waals surface area contributed by atoms with E-state index in [1.807, 2.05) is 36.4 Å². The minimum atomic E-state index is -0.488. The quantitative estimate of drug-likeness (QED) is 0.551. The lowest BCUT2D eigenvalue weighted by atomic mass is 10.0. The van der Waals surface area contributed by atoms with Gasteiger partial charge in [0.2, 0.25) is 0 Å². The average molecular weight is 363 g/mol. The molecule has 0 radical (unpaired) electrons. The molecule has 0 aliphatic heterocycles. The first kappa shape index (κ1) is 17.5. The predicted octanol–water partition coefficient (Wildman–Crippen LogP) is 4.28. The van der Waals surface area contributed by atoms with E-state index in [1.165, 1.54) is 23.9 Å². The number of pyridine rings is 1. The Morgan fingerprint density at radius 3 is 2.35 bits per heavy atom. The molecule has 0 amide bonds. The van der Waals surface area contributed by atoms with Crippen LogP contribution >= 0.6 is 11.8 Å². The number of non-ortho nitro benzene ring substituents is 1. The molecule has 7 heteroatoms. The molecule has 6 nitrogen and oxygen atoms in total. The summed E-state index contributed by atoms with van der Waals surface area (Å²) in [7, 11) is 0. The Hall–Kier alpha value is -3.37. The van der Waals surface area contributed by atoms with Crippen molar-refractivity contribution in [2.24, 2.45) is 0 Å². The Kier molecular flexibility index (Phi) is 4.87. The molecule has 0 saturated carbocycles. The van der Waals surface area contributed by atoms with Crippen molar-refractivity contribution >= 4 is 17.4 Å². The third kappa shape index (κ3) is 3.36. The molecule has 0 bridgehead atoms. The Balaban J connectivity index is 2.23. The van der Waals surface area contributed by atoms with Gasteiger partial charge in [-0.15, -0.1) is 0 Å². The maximum Gasteiger partial charge on any atom is 0.269 e. The largest absolute Gasteiger partial charge is 0.324 e. The third-order valence-electron chi connectivity index (χ3n) is 3.79. The molecule has 1 heterocycles. The van der Waals surface area contributed by atoms with Gasteiger partial charge in [-0.05, 0) is 36.8 Å². The molecular formula is C19H13N3O3S. The fraction of sp³-hybridized carbons (Fsp3) is 0.0526. The molecule has 0 unspecified atom stereocenters. The summed E-state index contributed by atoms with van der Waals surface area (Å²) in [6.45, 7) is 1.77. The van der Waals surface area contributed by atoms with Crippen LogP contribution < -0.4 is 5.56 Å². The number of nitro benzene ring substituents is 1. The summed E-state index contributed by atoms with van der Waals surface area (Å²) in [6, 6.07) is 17.4. The molecule has 26 heavy (non-hydrogen) atoms. The van der Waals surface area contributed by atoms with E-state index in [2.05, 4.69) is 4.98 Å². The van der Waals surface area contributed by atoms with Crippen LogP contribution in [0.2, 0.25) is 0 Å². The molecule has 0 aliphatic carbocycles. The van der Waals surface area contributed by atoms with Crippen LogP contribution in [0.15, 0.2) is 69.2 Å². The zero-order chi connectivity index (χ0) is 18.7. The molecule has 0 fully saturated rings. The molecule has 0 aliphatic rings. The van der Waals surface area contributed by atoms with Gasteiger partial charge in [0.25, 0.3) is 11.2 Å². The summed E-state index contributed by atoms with van der Waals surface area (Å²) in [4.78, 5) is 27.0. The first-order valence-corrected chi connectivity index (χ1v) is 8.47. The smallest absolute Gasteiger partial charge is 0.269 e. The van der Waals surface area contributed by atoms with Crippen LogP contribution in [0.25, 0.3) is 11.1 Å². The van der Waals surface area contributed by atoms with E-state index in [-0.39, 0.29) is 11.3 Å². The second-order valence-electron chi connectivity index (χ2n) is 5.49. The summed E-state index contributed by atoms with van der Waals surface area (Å²) < 4.78 is 0. The lowest BCUT2D eigenvalue weighted by molar-refractivity contribution is -0.384. The maximum atomic E-state index is 12.2. The number of hydrogen-bond acceptors (Lipinski definition) is 5. The lowest BCUT2D eigenvalue weighted by Crippen LogP contribution is -2.14. The second kappa shape index (κ2) is 7.25. The van der Waals surface area contributed by atoms with Gasteiger partial charge < -0.3 is 4.98 Å². The Labute approximate surface area is 153 Å². The lowest BCUT2D eigenvalue weighted by Gasteiger charge is -2.14. The molecule has 0 atom stereocenters. The Morgan fingerprint density at radius 2 is 1.77 bits per heavy atom. The molecule has 1 N–H and O–H groups in total. The van der Waals surface area contributed by atoms with E-state index in [4.69, 9.17) is 0 Å². The normalized spacial score (nSPS) is 10.3. The number of H-pyrrole nitrogens is 1. The van der Waals surface area contributed by atoms with Crippen molar-refractivity contribution in [1.29, 1.82) is 5.26 Å². The minimum Gasteiger partial charge on any atom is -0.324 e. The van der Waals surface area contributed by atoms with Gasteiger partial charge in [-0.25, -0.2) is 0 Å². The van der Waals surface area contributed by atoms with Crippen molar-refractivity contribution in [2.45, 2.75) is 16.7 Å². The second-order valence-corrected chi connectivity index (χ2v) is 6.57. The van der Waals surface area contributed by atoms with Gasteiger partial charge in [-0.3, -0.25) is 14.9 Å². The summed E-state index contributed by atoms with van der Waals surface area (Å²) in [5.41, 5.74) is 1.17. The number of aromatic amines is 1. The van der Waals surface area contributed by atoms with Gasteiger partial charge >= 0.3 is 0 Å². The Bertz CT molecular complexity index is 1070. The van der Waals surface area contributed by atoms with E-state index < -0.39 is 10.5 Å². The van der Waals surface area contributed by atoms with Crippen LogP contribution in [0.4, 0.5) is 5.69 Å². The molecule has 3 aromatic rings. The van der Waals surface area contributed by atoms with Gasteiger partial charge in [-0.2, -0.15) is 5.26 Å². The van der Waals surface area contributed by atoms with E-state index in [1.54, 1.807) is 19.1 Å². The number of benzene rings is 2. The number of nitro groups is 1. The van der Waals surface area contributed by atoms with Crippen LogP contribution in [0.5, 0.6) is 0 Å². The first-order chi connectivity index (χ1) is 12.5. The zero-order valence-electron chi connectivity index (χ0n) is 13.7. The summed E-state index contributed by atoms with van der Waals surface area (Å²) in [5.74, 6) is 0. The third-order valence-corrected chi connectivity index (χ3v) is 5.01. The van der Waals surface area contributed by atoms with E-state index >= 15 is 0 Å². The van der Waals surface area contributed by atoms with E-state index in [9.17, 15) is 20.2 Å². The van der Waals surface area contributed by atoms with Crippen LogP contribution in [0.3, 0.4) is 0 Å². The summed E-state index contributed by atoms with van der Waals surface area (Å²) in [6.07, 6.45) is 0. The molecular weight excluding hydrogens is 350 g/mol. The van der Waals surface area contributed by atoms with Crippen LogP contribution in [0.1, 0.15) is 11.3 Å². The minimum absolute atomic E-state index is 0.0112. The molecule has 128 valence electrons. The van der Waals surface area contributed by atoms with Crippen molar-refractivity contribution < 1.29 is 4.92 Å². The van der Waals surface area contributed by atoms with E-state index in [0.29, 0.717) is 16.8 Å². The number of nitrogens with one attached hydrogen (secondary N) is 1. The molecule has 1 aromatic heterocycles. The van der Waals surface area contributed by atoms with Crippen LogP contribution in [0, 0.1) is 28.4 Å². The topological polar surface area (TPSA) is 99.8 Å². The fourth-order valence-corrected chi connectivity index (χ4v) is 3.63. The van der Waals surface area contributed by atoms with Crippen molar-refractivity contribution in [2.75, 3.05) is 0 Å². The highest BCUT2D eigenvalue weighted by atomic mass is 32.2. The van der Waals surface area contributed by atoms with Gasteiger partial charge in [0.05, 0.1) is 4.92 Å². The van der Waals surface area contributed by atoms with Gasteiger partial charge in [0.15, 0.2) is 0 Å². The number of nitrogens with zero attached hydrogens (tertiary/aromatic N) is 2. The summed E-state index contributed by atoms with van der Waals surface area (Å²) in [5, 5.41) is 20.4. The average Bonchev–Trinajstić information content (AvgIpc) is 2.64. The van der Waals surface area contributed by atoms with Crippen molar-refractivity contribution in [3.05, 3.63) is 86.3 Å². The van der Waals surface area contributed by atoms with Crippen LogP contribution in [-0.2, 0) is 0 Å². The predicted molar refractivity (Wildman–Crippen MR) is 99.2 cm³/mol. The number of aryl methyl sites for hydroxylation is 1. The number of hydrogen-bond donors (Lipinski definition) is 1. The van der Waals surface area contributed by atoms with Gasteiger partial charge in [0, 0.05) is 33.2 Å². The highest BCUT2D eigenvalue weighted by molar-refractivity contribution is 7.99. The highest BCUT2D eigenvalue weighted by Gasteiger charge is 2.19. The van der Waals surface area contributed by atoms with Crippen molar-refractivity contribution in [1.82, 2.24) is 4.98 Å². The fourth-order valence-electron chi connectivity index (χ4n) is 2.57. The standard InChI is InChI=1S/C19H13N3O3S/c1-12-18(26-15-5-3-2-4-6-15)17(16(11-20)19(23)21-12)13-7-9-14(10-8-13)22(24)25/h2-10H,1H3,(H,21,23). The molecule has 0 saturated heterocycles. The monoisotopic (exact) mass is 363 g/mol. The van der Waals surface area contributed by atoms with Crippen LogP contribution in [-0.4, -0.2) is 9.91 Å². The summed E-state index contributed by atoms with van der Waals surface area (Å²) >= 11 is 1.43. The zero-order valence-corrected chi connectivity index (χ0v) is 14.5. The molecule has 0 spiro atoms. The Morgan fingerprint density at radius 1 is 1.12 bits per heavy atom. The van der Waals surface area contributed by atoms with Crippen molar-refractivity contribution in [3.63, 3.8) is 0 Å². The van der Waals surface area contributed by atoms with Crippen molar-refractivity contribution in [3.8, 4) is 17.2 Å². The van der Waals surface area contributed by atoms with Gasteiger partial charge in [0.1, 0.15) is 11.6 Å². The molecule has 3 rings (SSSR count). The van der Waals surface area contributed by atoms with Gasteiger partial charge in [-0.1, -0.05) is 30.0 Å². The SMILES string of the molecule is Cc1[nH]c(=O)c(C#N)c(-c2ccc([N+](=O)[O-])cc2)c1Sc1ccccc1. The highest BCUT2D eigenvalue weighted by Crippen LogP contribution is 2.38. The maximum absolute atomic E-state index is 12.2.